The number of para-hydroxylation sites is 1. The molecule has 1 amide bonds. The van der Waals surface area contributed by atoms with E-state index >= 15 is 0 Å². The number of nitrogens with zero attached hydrogens (tertiary/aromatic N) is 1. The van der Waals surface area contributed by atoms with E-state index in [2.05, 4.69) is 10.2 Å². The maximum absolute atomic E-state index is 13.0. The number of hydrogen-bond donors (Lipinski definition) is 1. The summed E-state index contributed by atoms with van der Waals surface area (Å²) in [5.41, 5.74) is 2.93. The predicted octanol–water partition coefficient (Wildman–Crippen LogP) is 4.42. The molecule has 0 saturated carbocycles. The van der Waals surface area contributed by atoms with Crippen LogP contribution in [0.3, 0.4) is 0 Å². The SMILES string of the molecule is Cc1ccccc1NC(=O)[C@H](c1ccc(Cl)cc1)N1CCCC1. The first-order valence-electron chi connectivity index (χ1n) is 8.01. The van der Waals surface area contributed by atoms with Gasteiger partial charge in [-0.3, -0.25) is 9.69 Å². The molecule has 1 aliphatic heterocycles. The highest BCUT2D eigenvalue weighted by atomic mass is 35.5. The third-order valence-corrected chi connectivity index (χ3v) is 4.59. The molecule has 1 saturated heterocycles. The monoisotopic (exact) mass is 328 g/mol. The molecule has 4 heteroatoms. The minimum atomic E-state index is -0.269. The average Bonchev–Trinajstić information content (AvgIpc) is 3.06. The van der Waals surface area contributed by atoms with E-state index in [0.717, 1.165) is 42.7 Å². The fraction of sp³-hybridized carbons (Fsp3) is 0.316. The van der Waals surface area contributed by atoms with Crippen LogP contribution in [0.2, 0.25) is 5.02 Å². The molecule has 23 heavy (non-hydrogen) atoms. The van der Waals surface area contributed by atoms with Crippen LogP contribution in [-0.4, -0.2) is 23.9 Å². The van der Waals surface area contributed by atoms with Crippen molar-refractivity contribution in [1.82, 2.24) is 4.90 Å². The van der Waals surface area contributed by atoms with Crippen LogP contribution in [0.5, 0.6) is 0 Å². The Morgan fingerprint density at radius 1 is 1.09 bits per heavy atom. The quantitative estimate of drug-likeness (QED) is 0.900. The number of nitrogens with one attached hydrogen (secondary N) is 1. The lowest BCUT2D eigenvalue weighted by Gasteiger charge is -2.27. The van der Waals surface area contributed by atoms with Crippen LogP contribution in [0.15, 0.2) is 48.5 Å². The summed E-state index contributed by atoms with van der Waals surface area (Å²) >= 11 is 5.99. The lowest BCUT2D eigenvalue weighted by atomic mass is 10.0. The summed E-state index contributed by atoms with van der Waals surface area (Å²) in [6, 6.07) is 15.2. The minimum Gasteiger partial charge on any atom is -0.324 e. The van der Waals surface area contributed by atoms with Crippen LogP contribution in [0.4, 0.5) is 5.69 Å². The van der Waals surface area contributed by atoms with Crippen LogP contribution in [0.1, 0.15) is 30.0 Å². The molecule has 1 N–H and O–H groups in total. The Balaban J connectivity index is 1.87. The Kier molecular flexibility index (Phi) is 4.99. The Hall–Kier alpha value is -1.84. The molecule has 1 atom stereocenters. The smallest absolute Gasteiger partial charge is 0.246 e. The molecule has 1 heterocycles. The number of hydrogen-bond acceptors (Lipinski definition) is 2. The fourth-order valence-corrected chi connectivity index (χ4v) is 3.21. The zero-order valence-electron chi connectivity index (χ0n) is 13.3. The van der Waals surface area contributed by atoms with Gasteiger partial charge in [-0.1, -0.05) is 41.9 Å². The van der Waals surface area contributed by atoms with E-state index in [0.29, 0.717) is 5.02 Å². The number of carbonyl (C=O) groups excluding carboxylic acids is 1. The fourth-order valence-electron chi connectivity index (χ4n) is 3.09. The zero-order valence-corrected chi connectivity index (χ0v) is 14.0. The topological polar surface area (TPSA) is 32.3 Å². The summed E-state index contributed by atoms with van der Waals surface area (Å²) in [6.45, 7) is 3.91. The molecule has 3 rings (SSSR count). The molecule has 1 aliphatic rings. The number of aryl methyl sites for hydroxylation is 1. The second-order valence-electron chi connectivity index (χ2n) is 6.00. The largest absolute Gasteiger partial charge is 0.324 e. The highest BCUT2D eigenvalue weighted by Gasteiger charge is 2.29. The first-order chi connectivity index (χ1) is 11.1. The molecule has 1 fully saturated rings. The maximum Gasteiger partial charge on any atom is 0.246 e. The van der Waals surface area contributed by atoms with E-state index in [9.17, 15) is 4.79 Å². The lowest BCUT2D eigenvalue weighted by molar-refractivity contribution is -0.121. The number of rotatable bonds is 4. The highest BCUT2D eigenvalue weighted by molar-refractivity contribution is 6.30. The van der Waals surface area contributed by atoms with Gasteiger partial charge in [0.2, 0.25) is 5.91 Å². The number of amides is 1. The van der Waals surface area contributed by atoms with E-state index in [-0.39, 0.29) is 11.9 Å². The van der Waals surface area contributed by atoms with Crippen molar-refractivity contribution in [3.8, 4) is 0 Å². The number of anilines is 1. The van der Waals surface area contributed by atoms with Crippen molar-refractivity contribution in [2.75, 3.05) is 18.4 Å². The first kappa shape index (κ1) is 16.0. The summed E-state index contributed by atoms with van der Waals surface area (Å²) in [6.07, 6.45) is 2.28. The zero-order chi connectivity index (χ0) is 16.2. The molecule has 120 valence electrons. The number of halogens is 1. The van der Waals surface area contributed by atoms with Crippen LogP contribution in [0, 0.1) is 6.92 Å². The van der Waals surface area contributed by atoms with Gasteiger partial charge in [-0.05, 0) is 62.2 Å². The molecule has 2 aromatic carbocycles. The molecular weight excluding hydrogens is 308 g/mol. The third-order valence-electron chi connectivity index (χ3n) is 4.34. The van der Waals surface area contributed by atoms with Crippen molar-refractivity contribution >= 4 is 23.2 Å². The van der Waals surface area contributed by atoms with Crippen molar-refractivity contribution in [2.45, 2.75) is 25.8 Å². The van der Waals surface area contributed by atoms with Gasteiger partial charge in [-0.15, -0.1) is 0 Å². The van der Waals surface area contributed by atoms with Gasteiger partial charge < -0.3 is 5.32 Å². The predicted molar refractivity (Wildman–Crippen MR) is 94.8 cm³/mol. The summed E-state index contributed by atoms with van der Waals surface area (Å²) in [5.74, 6) is 0.0172. The van der Waals surface area contributed by atoms with E-state index in [1.165, 1.54) is 0 Å². The molecule has 0 radical (unpaired) electrons. The van der Waals surface area contributed by atoms with Gasteiger partial charge in [0.25, 0.3) is 0 Å². The summed E-state index contributed by atoms with van der Waals surface area (Å²) < 4.78 is 0. The Labute approximate surface area is 142 Å². The number of benzene rings is 2. The van der Waals surface area contributed by atoms with E-state index in [1.807, 2.05) is 55.5 Å². The lowest BCUT2D eigenvalue weighted by Crippen LogP contribution is -2.35. The summed E-state index contributed by atoms with van der Waals surface area (Å²) in [4.78, 5) is 15.2. The van der Waals surface area contributed by atoms with Crippen molar-refractivity contribution in [3.05, 3.63) is 64.7 Å². The van der Waals surface area contributed by atoms with E-state index in [4.69, 9.17) is 11.6 Å². The van der Waals surface area contributed by atoms with Crippen LogP contribution >= 0.6 is 11.6 Å². The second-order valence-corrected chi connectivity index (χ2v) is 6.44. The standard InChI is InChI=1S/C19H21ClN2O/c1-14-6-2-3-7-17(14)21-19(23)18(22-12-4-5-13-22)15-8-10-16(20)11-9-15/h2-3,6-11,18H,4-5,12-13H2,1H3,(H,21,23)/t18-/m0/s1. The third kappa shape index (κ3) is 3.74. The van der Waals surface area contributed by atoms with Crippen molar-refractivity contribution in [2.24, 2.45) is 0 Å². The molecule has 0 aromatic heterocycles. The highest BCUT2D eigenvalue weighted by Crippen LogP contribution is 2.28. The Morgan fingerprint density at radius 3 is 2.39 bits per heavy atom. The molecule has 0 unspecified atom stereocenters. The Morgan fingerprint density at radius 2 is 1.74 bits per heavy atom. The normalized spacial score (nSPS) is 16.3. The van der Waals surface area contributed by atoms with Gasteiger partial charge in [0, 0.05) is 10.7 Å². The van der Waals surface area contributed by atoms with Gasteiger partial charge in [-0.25, -0.2) is 0 Å². The van der Waals surface area contributed by atoms with Crippen LogP contribution in [-0.2, 0) is 4.79 Å². The van der Waals surface area contributed by atoms with Gasteiger partial charge in [0.1, 0.15) is 6.04 Å². The molecule has 2 aromatic rings. The van der Waals surface area contributed by atoms with Gasteiger partial charge in [0.05, 0.1) is 0 Å². The number of likely N-dealkylation sites (tertiary alicyclic amines) is 1. The minimum absolute atomic E-state index is 0.0172. The molecule has 0 aliphatic carbocycles. The number of carbonyl (C=O) groups is 1. The summed E-state index contributed by atoms with van der Waals surface area (Å²) in [7, 11) is 0. The first-order valence-corrected chi connectivity index (χ1v) is 8.39. The van der Waals surface area contributed by atoms with Crippen molar-refractivity contribution in [1.29, 1.82) is 0 Å². The van der Waals surface area contributed by atoms with Crippen LogP contribution in [0.25, 0.3) is 0 Å². The molecule has 0 bridgehead atoms. The second kappa shape index (κ2) is 7.16. The van der Waals surface area contributed by atoms with Crippen molar-refractivity contribution < 1.29 is 4.79 Å². The molecule has 3 nitrogen and oxygen atoms in total. The van der Waals surface area contributed by atoms with Gasteiger partial charge in [-0.2, -0.15) is 0 Å². The summed E-state index contributed by atoms with van der Waals surface area (Å²) in [5, 5.41) is 3.77. The van der Waals surface area contributed by atoms with Crippen molar-refractivity contribution in [3.63, 3.8) is 0 Å². The van der Waals surface area contributed by atoms with Gasteiger partial charge in [0.15, 0.2) is 0 Å². The Bertz CT molecular complexity index is 678. The van der Waals surface area contributed by atoms with E-state index in [1.54, 1.807) is 0 Å². The van der Waals surface area contributed by atoms with Gasteiger partial charge >= 0.3 is 0 Å². The molecular formula is C19H21ClN2O. The maximum atomic E-state index is 13.0. The van der Waals surface area contributed by atoms with E-state index < -0.39 is 0 Å². The van der Waals surface area contributed by atoms with Crippen LogP contribution < -0.4 is 5.32 Å². The molecule has 0 spiro atoms. The average molecular weight is 329 g/mol.